The Kier molecular flexibility index (Phi) is 3.30. The smallest absolute Gasteiger partial charge is 0.396 e. The number of hydrogen-bond donors (Lipinski definition) is 0. The van der Waals surface area contributed by atoms with Gasteiger partial charge in [-0.25, -0.2) is 4.79 Å². The maximum Gasteiger partial charge on any atom is 0.396 e. The number of fused-ring (bicyclic) bond motifs is 1. The van der Waals surface area contributed by atoms with Crippen LogP contribution in [0.5, 0.6) is 5.75 Å². The normalized spacial score (nSPS) is 11.7. The first kappa shape index (κ1) is 13.8. The van der Waals surface area contributed by atoms with E-state index in [0.29, 0.717) is 10.3 Å². The van der Waals surface area contributed by atoms with E-state index >= 15 is 0 Å². The lowest BCUT2D eigenvalue weighted by Crippen LogP contribution is -2.09. The minimum absolute atomic E-state index is 0.0694. The first-order valence-corrected chi connectivity index (χ1v) is 8.21. The molecule has 3 aromatic rings. The van der Waals surface area contributed by atoms with Crippen LogP contribution in [0.15, 0.2) is 56.6 Å². The van der Waals surface area contributed by atoms with Crippen LogP contribution in [-0.4, -0.2) is 8.42 Å². The maximum absolute atomic E-state index is 12.1. The molecule has 2 aromatic carbocycles. The summed E-state index contributed by atoms with van der Waals surface area (Å²) in [5, 5.41) is 0. The average Bonchev–Trinajstić information content (AvgIpc) is 2.78. The summed E-state index contributed by atoms with van der Waals surface area (Å²) >= 11 is 0.950. The van der Waals surface area contributed by atoms with Crippen molar-refractivity contribution < 1.29 is 17.0 Å². The molecule has 0 aliphatic carbocycles. The number of rotatable bonds is 3. The molecule has 0 bridgehead atoms. The highest BCUT2D eigenvalue weighted by atomic mass is 32.2. The Bertz CT molecular complexity index is 949. The van der Waals surface area contributed by atoms with Gasteiger partial charge in [0, 0.05) is 6.07 Å². The van der Waals surface area contributed by atoms with E-state index in [9.17, 15) is 13.2 Å². The van der Waals surface area contributed by atoms with Gasteiger partial charge < -0.3 is 8.60 Å². The predicted octanol–water partition coefficient (Wildman–Crippen LogP) is 2.93. The van der Waals surface area contributed by atoms with Crippen LogP contribution in [0.2, 0.25) is 0 Å². The molecule has 7 heteroatoms. The molecule has 21 heavy (non-hydrogen) atoms. The quantitative estimate of drug-likeness (QED) is 0.693. The molecule has 0 aliphatic rings. The van der Waals surface area contributed by atoms with Crippen LogP contribution in [0.4, 0.5) is 0 Å². The third-order valence-corrected chi connectivity index (χ3v) is 4.89. The Hall–Kier alpha value is -2.12. The second-order valence-corrected chi connectivity index (χ2v) is 6.94. The second kappa shape index (κ2) is 5.01. The standard InChI is InChI=1S/C14H10O5S2/c1-9-2-5-11(6-3-9)21(16,17)19-10-4-7-13-12(8-10)18-14(15)20-13/h2-8H,1H3. The van der Waals surface area contributed by atoms with E-state index in [2.05, 4.69) is 0 Å². The van der Waals surface area contributed by atoms with Gasteiger partial charge in [-0.15, -0.1) is 0 Å². The van der Waals surface area contributed by atoms with Crippen molar-refractivity contribution in [3.63, 3.8) is 0 Å². The summed E-state index contributed by atoms with van der Waals surface area (Å²) in [5.74, 6) is 0.102. The molecule has 0 amide bonds. The van der Waals surface area contributed by atoms with Crippen LogP contribution >= 0.6 is 11.3 Å². The fourth-order valence-corrected chi connectivity index (χ4v) is 3.36. The molecule has 0 saturated carbocycles. The van der Waals surface area contributed by atoms with Gasteiger partial charge in [-0.1, -0.05) is 29.0 Å². The molecule has 0 fully saturated rings. The highest BCUT2D eigenvalue weighted by Gasteiger charge is 2.17. The monoisotopic (exact) mass is 322 g/mol. The summed E-state index contributed by atoms with van der Waals surface area (Å²) in [6.45, 7) is 1.86. The summed E-state index contributed by atoms with van der Waals surface area (Å²) in [6.07, 6.45) is 0. The van der Waals surface area contributed by atoms with Gasteiger partial charge in [0.05, 0.1) is 4.70 Å². The van der Waals surface area contributed by atoms with Crippen molar-refractivity contribution in [3.8, 4) is 5.75 Å². The summed E-state index contributed by atoms with van der Waals surface area (Å²) in [6, 6.07) is 10.8. The SMILES string of the molecule is Cc1ccc(S(=O)(=O)Oc2ccc3sc(=O)oc3c2)cc1. The van der Waals surface area contributed by atoms with Crippen LogP contribution in [-0.2, 0) is 10.1 Å². The van der Waals surface area contributed by atoms with E-state index in [1.165, 1.54) is 24.3 Å². The third kappa shape index (κ3) is 2.84. The van der Waals surface area contributed by atoms with Crippen molar-refractivity contribution in [3.05, 3.63) is 57.8 Å². The lowest BCUT2D eigenvalue weighted by atomic mass is 10.2. The molecule has 1 aromatic heterocycles. The molecule has 0 atom stereocenters. The Labute approximate surface area is 124 Å². The molecule has 0 N–H and O–H groups in total. The van der Waals surface area contributed by atoms with E-state index < -0.39 is 15.1 Å². The summed E-state index contributed by atoms with van der Waals surface area (Å²) in [5.41, 5.74) is 1.26. The molecule has 1 heterocycles. The van der Waals surface area contributed by atoms with Crippen LogP contribution in [0.1, 0.15) is 5.56 Å². The minimum atomic E-state index is -3.91. The summed E-state index contributed by atoms with van der Waals surface area (Å²) in [4.78, 5) is 10.8. The molecule has 0 spiro atoms. The fraction of sp³-hybridized carbons (Fsp3) is 0.0714. The zero-order chi connectivity index (χ0) is 15.0. The largest absolute Gasteiger partial charge is 0.414 e. The molecule has 0 radical (unpaired) electrons. The Morgan fingerprint density at radius 3 is 2.52 bits per heavy atom. The van der Waals surface area contributed by atoms with Gasteiger partial charge in [-0.2, -0.15) is 8.42 Å². The molecule has 3 rings (SSSR count). The lowest BCUT2D eigenvalue weighted by Gasteiger charge is -2.06. The minimum Gasteiger partial charge on any atom is -0.414 e. The van der Waals surface area contributed by atoms with Gasteiger partial charge in [-0.05, 0) is 31.2 Å². The second-order valence-electron chi connectivity index (χ2n) is 4.41. The maximum atomic E-state index is 12.1. The van der Waals surface area contributed by atoms with Crippen molar-refractivity contribution in [2.75, 3.05) is 0 Å². The number of aryl methyl sites for hydroxylation is 1. The van der Waals surface area contributed by atoms with Crippen LogP contribution < -0.4 is 9.12 Å². The topological polar surface area (TPSA) is 73.6 Å². The predicted molar refractivity (Wildman–Crippen MR) is 79.4 cm³/mol. The molecule has 0 unspecified atom stereocenters. The van der Waals surface area contributed by atoms with Crippen LogP contribution in [0, 0.1) is 6.92 Å². The summed E-state index contributed by atoms with van der Waals surface area (Å²) < 4.78 is 34.9. The van der Waals surface area contributed by atoms with Gasteiger partial charge in [0.1, 0.15) is 10.6 Å². The van der Waals surface area contributed by atoms with E-state index in [4.69, 9.17) is 8.60 Å². The van der Waals surface area contributed by atoms with E-state index in [0.717, 1.165) is 16.9 Å². The van der Waals surface area contributed by atoms with Crippen molar-refractivity contribution in [2.45, 2.75) is 11.8 Å². The molecule has 0 saturated heterocycles. The van der Waals surface area contributed by atoms with Gasteiger partial charge in [0.2, 0.25) is 0 Å². The average molecular weight is 322 g/mol. The highest BCUT2D eigenvalue weighted by Crippen LogP contribution is 2.25. The number of benzene rings is 2. The van der Waals surface area contributed by atoms with Crippen molar-refractivity contribution in [1.29, 1.82) is 0 Å². The van der Waals surface area contributed by atoms with Crippen molar-refractivity contribution >= 4 is 31.7 Å². The zero-order valence-electron chi connectivity index (χ0n) is 10.9. The van der Waals surface area contributed by atoms with Gasteiger partial charge >= 0.3 is 15.1 Å². The Morgan fingerprint density at radius 2 is 1.81 bits per heavy atom. The van der Waals surface area contributed by atoms with Gasteiger partial charge in [-0.3, -0.25) is 0 Å². The summed E-state index contributed by atoms with van der Waals surface area (Å²) in [7, 11) is -3.91. The fourth-order valence-electron chi connectivity index (χ4n) is 1.78. The molecular weight excluding hydrogens is 312 g/mol. The molecule has 5 nitrogen and oxygen atoms in total. The first-order valence-electron chi connectivity index (χ1n) is 5.99. The Morgan fingerprint density at radius 1 is 1.10 bits per heavy atom. The first-order chi connectivity index (χ1) is 9.94. The lowest BCUT2D eigenvalue weighted by molar-refractivity contribution is 0.485. The highest BCUT2D eigenvalue weighted by molar-refractivity contribution is 7.87. The molecule has 108 valence electrons. The zero-order valence-corrected chi connectivity index (χ0v) is 12.5. The van der Waals surface area contributed by atoms with E-state index in [-0.39, 0.29) is 10.6 Å². The van der Waals surface area contributed by atoms with E-state index in [1.807, 2.05) is 6.92 Å². The molecule has 0 aliphatic heterocycles. The third-order valence-electron chi connectivity index (χ3n) is 2.82. The van der Waals surface area contributed by atoms with Crippen LogP contribution in [0.3, 0.4) is 0 Å². The van der Waals surface area contributed by atoms with Crippen LogP contribution in [0.25, 0.3) is 10.3 Å². The molecular formula is C14H10O5S2. The van der Waals surface area contributed by atoms with Crippen molar-refractivity contribution in [1.82, 2.24) is 0 Å². The number of hydrogen-bond acceptors (Lipinski definition) is 6. The Balaban J connectivity index is 1.96. The van der Waals surface area contributed by atoms with Crippen molar-refractivity contribution in [2.24, 2.45) is 0 Å². The van der Waals surface area contributed by atoms with E-state index in [1.54, 1.807) is 18.2 Å². The van der Waals surface area contributed by atoms with Gasteiger partial charge in [0.15, 0.2) is 5.58 Å². The van der Waals surface area contributed by atoms with Gasteiger partial charge in [0.25, 0.3) is 0 Å².